The van der Waals surface area contributed by atoms with E-state index >= 15 is 0 Å². The van der Waals surface area contributed by atoms with Crippen molar-refractivity contribution in [2.75, 3.05) is 52.6 Å². The van der Waals surface area contributed by atoms with Gasteiger partial charge >= 0.3 is 0 Å². The highest BCUT2D eigenvalue weighted by molar-refractivity contribution is 5.95. The minimum Gasteiger partial charge on any atom is -0.381 e. The van der Waals surface area contributed by atoms with E-state index in [-0.39, 0.29) is 35.3 Å². The van der Waals surface area contributed by atoms with Gasteiger partial charge in [-0.3, -0.25) is 9.59 Å². The molecule has 28 heavy (non-hydrogen) atoms. The molecule has 0 unspecified atom stereocenters. The van der Waals surface area contributed by atoms with Crippen molar-refractivity contribution >= 4 is 11.8 Å². The first-order valence-corrected chi connectivity index (χ1v) is 9.69. The van der Waals surface area contributed by atoms with E-state index in [4.69, 9.17) is 9.47 Å². The van der Waals surface area contributed by atoms with Crippen LogP contribution in [0.25, 0.3) is 0 Å². The van der Waals surface area contributed by atoms with Crippen molar-refractivity contribution in [2.24, 2.45) is 11.3 Å². The van der Waals surface area contributed by atoms with E-state index in [0.29, 0.717) is 58.9 Å². The molecular formula is C20H24F2N2O4. The largest absolute Gasteiger partial charge is 0.381 e. The summed E-state index contributed by atoms with van der Waals surface area (Å²) >= 11 is 0. The molecule has 1 aromatic carbocycles. The number of carbonyl (C=O) groups excluding carboxylic acids is 2. The van der Waals surface area contributed by atoms with Crippen LogP contribution in [0.2, 0.25) is 0 Å². The number of morpholine rings is 1. The van der Waals surface area contributed by atoms with Crippen molar-refractivity contribution in [1.82, 2.24) is 9.80 Å². The Balaban J connectivity index is 1.57. The number of benzene rings is 1. The Bertz CT molecular complexity index is 761. The van der Waals surface area contributed by atoms with Gasteiger partial charge < -0.3 is 19.3 Å². The minimum absolute atomic E-state index is 0.0470. The summed E-state index contributed by atoms with van der Waals surface area (Å²) < 4.78 is 37.7. The molecule has 3 saturated heterocycles. The molecule has 152 valence electrons. The van der Waals surface area contributed by atoms with Gasteiger partial charge in [-0.15, -0.1) is 0 Å². The van der Waals surface area contributed by atoms with Gasteiger partial charge in [-0.2, -0.15) is 0 Å². The zero-order chi connectivity index (χ0) is 19.7. The molecule has 3 fully saturated rings. The van der Waals surface area contributed by atoms with Crippen molar-refractivity contribution in [2.45, 2.75) is 12.8 Å². The summed E-state index contributed by atoms with van der Waals surface area (Å²) in [5.41, 5.74) is -0.234. The molecule has 4 rings (SSSR count). The second-order valence-corrected chi connectivity index (χ2v) is 7.78. The topological polar surface area (TPSA) is 59.1 Å². The molecule has 1 atom stereocenters. The van der Waals surface area contributed by atoms with Gasteiger partial charge in [0.05, 0.1) is 19.1 Å². The Morgan fingerprint density at radius 3 is 2.32 bits per heavy atom. The van der Waals surface area contributed by atoms with E-state index in [9.17, 15) is 18.4 Å². The molecular weight excluding hydrogens is 370 g/mol. The molecule has 2 amide bonds. The number of nitrogens with zero attached hydrogens (tertiary/aromatic N) is 2. The summed E-state index contributed by atoms with van der Waals surface area (Å²) in [6.45, 7) is 3.97. The summed E-state index contributed by atoms with van der Waals surface area (Å²) in [5.74, 6) is -2.68. The van der Waals surface area contributed by atoms with Gasteiger partial charge in [-0.1, -0.05) is 0 Å². The Hall–Kier alpha value is -2.06. The summed E-state index contributed by atoms with van der Waals surface area (Å²) in [7, 11) is 0. The summed E-state index contributed by atoms with van der Waals surface area (Å²) in [4.78, 5) is 29.6. The molecule has 6 nitrogen and oxygen atoms in total. The standard InChI is InChI=1S/C20H24F2N2O4/c21-16-2-1-14(11-17(16)22)18(25)24-12-15(19(26)23-5-9-28-10-6-23)20(13-24)3-7-27-8-4-20/h1-2,11,15H,3-10,12-13H2/t15-/m1/s1. The first kappa shape index (κ1) is 19.3. The Labute approximate surface area is 162 Å². The molecule has 0 aromatic heterocycles. The van der Waals surface area contributed by atoms with E-state index in [1.807, 2.05) is 4.90 Å². The van der Waals surface area contributed by atoms with Crippen molar-refractivity contribution in [1.29, 1.82) is 0 Å². The number of amides is 2. The molecule has 0 aliphatic carbocycles. The zero-order valence-electron chi connectivity index (χ0n) is 15.7. The monoisotopic (exact) mass is 394 g/mol. The first-order chi connectivity index (χ1) is 13.5. The molecule has 3 aliphatic rings. The Morgan fingerprint density at radius 1 is 0.964 bits per heavy atom. The van der Waals surface area contributed by atoms with E-state index in [2.05, 4.69) is 0 Å². The van der Waals surface area contributed by atoms with Gasteiger partial charge in [-0.05, 0) is 31.0 Å². The van der Waals surface area contributed by atoms with Crippen LogP contribution in [0, 0.1) is 23.0 Å². The van der Waals surface area contributed by atoms with Crippen molar-refractivity contribution in [3.8, 4) is 0 Å². The quantitative estimate of drug-likeness (QED) is 0.766. The molecule has 0 saturated carbocycles. The summed E-state index contributed by atoms with van der Waals surface area (Å²) in [6.07, 6.45) is 1.41. The third-order valence-corrected chi connectivity index (χ3v) is 6.21. The van der Waals surface area contributed by atoms with Crippen molar-refractivity contribution in [3.05, 3.63) is 35.4 Å². The minimum atomic E-state index is -1.05. The van der Waals surface area contributed by atoms with Crippen LogP contribution in [0.15, 0.2) is 18.2 Å². The molecule has 0 N–H and O–H groups in total. The number of halogens is 2. The van der Waals surface area contributed by atoms with Crippen LogP contribution in [0.5, 0.6) is 0 Å². The van der Waals surface area contributed by atoms with E-state index in [0.717, 1.165) is 12.1 Å². The number of ether oxygens (including phenoxy) is 2. The maximum absolute atomic E-state index is 13.6. The number of carbonyl (C=O) groups is 2. The second kappa shape index (κ2) is 7.75. The molecule has 3 aliphatic heterocycles. The lowest BCUT2D eigenvalue weighted by Crippen LogP contribution is -2.49. The van der Waals surface area contributed by atoms with Crippen LogP contribution in [-0.4, -0.2) is 74.2 Å². The highest BCUT2D eigenvalue weighted by Gasteiger charge is 2.52. The van der Waals surface area contributed by atoms with Gasteiger partial charge in [0, 0.05) is 50.4 Å². The molecule has 1 aromatic rings. The molecule has 0 bridgehead atoms. The predicted octanol–water partition coefficient (Wildman–Crippen LogP) is 1.69. The third kappa shape index (κ3) is 3.51. The maximum Gasteiger partial charge on any atom is 0.254 e. The smallest absolute Gasteiger partial charge is 0.254 e. The van der Waals surface area contributed by atoms with Crippen LogP contribution < -0.4 is 0 Å². The lowest BCUT2D eigenvalue weighted by molar-refractivity contribution is -0.144. The first-order valence-electron chi connectivity index (χ1n) is 9.69. The number of likely N-dealkylation sites (tertiary alicyclic amines) is 1. The molecule has 3 heterocycles. The van der Waals surface area contributed by atoms with Gasteiger partial charge in [0.2, 0.25) is 5.91 Å². The van der Waals surface area contributed by atoms with Gasteiger partial charge in [0.25, 0.3) is 5.91 Å². The van der Waals surface area contributed by atoms with E-state index in [1.165, 1.54) is 6.07 Å². The van der Waals surface area contributed by atoms with Gasteiger partial charge in [-0.25, -0.2) is 8.78 Å². The van der Waals surface area contributed by atoms with Crippen LogP contribution in [0.3, 0.4) is 0 Å². The van der Waals surface area contributed by atoms with Crippen LogP contribution >= 0.6 is 0 Å². The van der Waals surface area contributed by atoms with Crippen LogP contribution in [0.4, 0.5) is 8.78 Å². The van der Waals surface area contributed by atoms with Crippen molar-refractivity contribution < 1.29 is 27.8 Å². The fourth-order valence-electron chi connectivity index (χ4n) is 4.56. The maximum atomic E-state index is 13.6. The highest BCUT2D eigenvalue weighted by atomic mass is 19.2. The summed E-state index contributed by atoms with van der Waals surface area (Å²) in [6, 6.07) is 3.17. The highest BCUT2D eigenvalue weighted by Crippen LogP contribution is 2.45. The molecule has 0 radical (unpaired) electrons. The average Bonchev–Trinajstić information content (AvgIpc) is 3.08. The third-order valence-electron chi connectivity index (χ3n) is 6.21. The Kier molecular flexibility index (Phi) is 5.33. The number of hydrogen-bond acceptors (Lipinski definition) is 4. The van der Waals surface area contributed by atoms with Crippen LogP contribution in [-0.2, 0) is 14.3 Å². The lowest BCUT2D eigenvalue weighted by atomic mass is 9.71. The molecule has 1 spiro atoms. The fourth-order valence-corrected chi connectivity index (χ4v) is 4.56. The van der Waals surface area contributed by atoms with E-state index < -0.39 is 11.6 Å². The van der Waals surface area contributed by atoms with Gasteiger partial charge in [0.1, 0.15) is 0 Å². The van der Waals surface area contributed by atoms with E-state index in [1.54, 1.807) is 4.90 Å². The zero-order valence-corrected chi connectivity index (χ0v) is 15.7. The molecule has 8 heteroatoms. The summed E-state index contributed by atoms with van der Waals surface area (Å²) in [5, 5.41) is 0. The average molecular weight is 394 g/mol. The Morgan fingerprint density at radius 2 is 1.64 bits per heavy atom. The van der Waals surface area contributed by atoms with Crippen molar-refractivity contribution in [3.63, 3.8) is 0 Å². The fraction of sp³-hybridized carbons (Fsp3) is 0.600. The number of hydrogen-bond donors (Lipinski definition) is 0. The van der Waals surface area contributed by atoms with Crippen LogP contribution in [0.1, 0.15) is 23.2 Å². The van der Waals surface area contributed by atoms with Gasteiger partial charge in [0.15, 0.2) is 11.6 Å². The number of rotatable bonds is 2. The second-order valence-electron chi connectivity index (χ2n) is 7.78. The lowest BCUT2D eigenvalue weighted by Gasteiger charge is -2.39. The SMILES string of the molecule is O=C(c1ccc(F)c(F)c1)N1C[C@H](C(=O)N2CCOCC2)C2(CCOCC2)C1. The predicted molar refractivity (Wildman–Crippen MR) is 95.6 cm³/mol. The normalized spacial score (nSPS) is 24.6.